The fraction of sp³-hybridized carbons (Fsp3) is 0.348. The highest BCUT2D eigenvalue weighted by atomic mass is 16.5. The first-order valence-electron chi connectivity index (χ1n) is 10.2. The molecule has 6 heteroatoms. The Morgan fingerprint density at radius 3 is 2.90 bits per heavy atom. The van der Waals surface area contributed by atoms with Crippen LogP contribution in [0.25, 0.3) is 11.4 Å². The predicted molar refractivity (Wildman–Crippen MR) is 113 cm³/mol. The molecule has 0 spiro atoms. The van der Waals surface area contributed by atoms with Gasteiger partial charge in [0.2, 0.25) is 11.7 Å². The molecule has 1 aliphatic rings. The van der Waals surface area contributed by atoms with Crippen LogP contribution in [0.3, 0.4) is 0 Å². The average molecular weight is 390 g/mol. The second kappa shape index (κ2) is 8.47. The van der Waals surface area contributed by atoms with Gasteiger partial charge >= 0.3 is 6.03 Å². The highest BCUT2D eigenvalue weighted by Crippen LogP contribution is 2.32. The van der Waals surface area contributed by atoms with E-state index in [9.17, 15) is 4.79 Å². The molecule has 3 aromatic rings. The van der Waals surface area contributed by atoms with Crippen molar-refractivity contribution in [2.24, 2.45) is 0 Å². The van der Waals surface area contributed by atoms with Crippen molar-refractivity contribution in [2.75, 3.05) is 11.9 Å². The molecule has 6 nitrogen and oxygen atoms in total. The third-order valence-electron chi connectivity index (χ3n) is 5.41. The number of anilines is 1. The van der Waals surface area contributed by atoms with Crippen molar-refractivity contribution in [3.05, 3.63) is 65.5 Å². The quantitative estimate of drug-likeness (QED) is 0.650. The molecular formula is C23H26N4O2. The number of carbonyl (C=O) groups is 1. The minimum atomic E-state index is -0.205. The summed E-state index contributed by atoms with van der Waals surface area (Å²) in [4.78, 5) is 19.5. The Balaban J connectivity index is 1.55. The summed E-state index contributed by atoms with van der Waals surface area (Å²) in [5.41, 5.74) is 4.04. The number of urea groups is 1. The number of para-hydroxylation sites is 1. The summed E-state index contributed by atoms with van der Waals surface area (Å²) in [6.45, 7) is 4.79. The molecule has 1 saturated heterocycles. The van der Waals surface area contributed by atoms with Gasteiger partial charge in [-0.1, -0.05) is 54.0 Å². The summed E-state index contributed by atoms with van der Waals surface area (Å²) in [5.74, 6) is 1.06. The number of nitrogens with zero attached hydrogens (tertiary/aromatic N) is 3. The molecule has 0 radical (unpaired) electrons. The SMILES string of the molecule is CCc1ccccc1NC(=O)N1CCCC[C@@H]1c1nc(-c2cccc(C)c2)no1. The minimum Gasteiger partial charge on any atom is -0.337 e. The lowest BCUT2D eigenvalue weighted by Gasteiger charge is -2.33. The summed E-state index contributed by atoms with van der Waals surface area (Å²) < 4.78 is 5.59. The van der Waals surface area contributed by atoms with Crippen LogP contribution in [0.4, 0.5) is 10.5 Å². The lowest BCUT2D eigenvalue weighted by molar-refractivity contribution is 0.142. The minimum absolute atomic E-state index is 0.120. The molecule has 1 aromatic heterocycles. The van der Waals surface area contributed by atoms with Gasteiger partial charge in [0.15, 0.2) is 0 Å². The van der Waals surface area contributed by atoms with Crippen LogP contribution in [0.2, 0.25) is 0 Å². The molecule has 1 N–H and O–H groups in total. The van der Waals surface area contributed by atoms with Crippen molar-refractivity contribution in [1.82, 2.24) is 15.0 Å². The highest BCUT2D eigenvalue weighted by molar-refractivity contribution is 5.90. The molecule has 0 saturated carbocycles. The molecule has 2 amide bonds. The number of piperidine rings is 1. The van der Waals surface area contributed by atoms with E-state index in [1.165, 1.54) is 0 Å². The molecule has 29 heavy (non-hydrogen) atoms. The molecule has 0 bridgehead atoms. The van der Waals surface area contributed by atoms with Gasteiger partial charge in [0.1, 0.15) is 6.04 Å². The number of amides is 2. The molecule has 2 heterocycles. The fourth-order valence-corrected chi connectivity index (χ4v) is 3.84. The number of rotatable bonds is 4. The Labute approximate surface area is 170 Å². The maximum atomic E-state index is 13.1. The molecule has 4 rings (SSSR count). The van der Waals surface area contributed by atoms with Crippen LogP contribution >= 0.6 is 0 Å². The first-order valence-corrected chi connectivity index (χ1v) is 10.2. The van der Waals surface area contributed by atoms with E-state index >= 15 is 0 Å². The second-order valence-corrected chi connectivity index (χ2v) is 7.47. The van der Waals surface area contributed by atoms with Gasteiger partial charge < -0.3 is 14.7 Å². The first-order chi connectivity index (χ1) is 14.2. The summed E-state index contributed by atoms with van der Waals surface area (Å²) in [7, 11) is 0. The number of carbonyl (C=O) groups excluding carboxylic acids is 1. The Hall–Kier alpha value is -3.15. The van der Waals surface area contributed by atoms with Gasteiger partial charge in [-0.2, -0.15) is 4.98 Å². The Morgan fingerprint density at radius 1 is 1.21 bits per heavy atom. The standard InChI is InChI=1S/C23H26N4O2/c1-3-17-10-4-5-12-19(17)24-23(28)27-14-7-6-13-20(27)22-25-21(26-29-22)18-11-8-9-16(2)15-18/h4-5,8-12,15,20H,3,6-7,13-14H2,1-2H3,(H,24,28)/t20-/m1/s1. The normalized spacial score (nSPS) is 16.6. The smallest absolute Gasteiger partial charge is 0.322 e. The summed E-state index contributed by atoms with van der Waals surface area (Å²) in [6.07, 6.45) is 3.68. The van der Waals surface area contributed by atoms with E-state index in [4.69, 9.17) is 4.52 Å². The third-order valence-corrected chi connectivity index (χ3v) is 5.41. The van der Waals surface area contributed by atoms with E-state index in [0.717, 1.165) is 48.1 Å². The van der Waals surface area contributed by atoms with Crippen LogP contribution in [0, 0.1) is 6.92 Å². The van der Waals surface area contributed by atoms with Gasteiger partial charge in [-0.3, -0.25) is 0 Å². The first kappa shape index (κ1) is 19.2. The van der Waals surface area contributed by atoms with Gasteiger partial charge in [-0.25, -0.2) is 4.79 Å². The second-order valence-electron chi connectivity index (χ2n) is 7.47. The van der Waals surface area contributed by atoms with Crippen molar-refractivity contribution >= 4 is 11.7 Å². The average Bonchev–Trinajstić information content (AvgIpc) is 3.24. The van der Waals surface area contributed by atoms with E-state index in [1.54, 1.807) is 0 Å². The van der Waals surface area contributed by atoms with E-state index in [0.29, 0.717) is 18.3 Å². The van der Waals surface area contributed by atoms with Gasteiger partial charge in [0, 0.05) is 17.8 Å². The van der Waals surface area contributed by atoms with E-state index in [-0.39, 0.29) is 12.1 Å². The topological polar surface area (TPSA) is 71.3 Å². The zero-order valence-electron chi connectivity index (χ0n) is 16.9. The largest absolute Gasteiger partial charge is 0.337 e. The van der Waals surface area contributed by atoms with E-state index in [2.05, 4.69) is 22.4 Å². The van der Waals surface area contributed by atoms with Crippen molar-refractivity contribution in [1.29, 1.82) is 0 Å². The number of nitrogens with one attached hydrogen (secondary N) is 1. The molecule has 1 atom stereocenters. The zero-order valence-corrected chi connectivity index (χ0v) is 16.9. The Morgan fingerprint density at radius 2 is 2.07 bits per heavy atom. The van der Waals surface area contributed by atoms with Gasteiger partial charge in [0.25, 0.3) is 0 Å². The van der Waals surface area contributed by atoms with Gasteiger partial charge in [-0.15, -0.1) is 0 Å². The number of hydrogen-bond acceptors (Lipinski definition) is 4. The lowest BCUT2D eigenvalue weighted by atomic mass is 10.0. The monoisotopic (exact) mass is 390 g/mol. The third kappa shape index (κ3) is 4.16. The highest BCUT2D eigenvalue weighted by Gasteiger charge is 2.32. The van der Waals surface area contributed by atoms with E-state index < -0.39 is 0 Å². The summed E-state index contributed by atoms with van der Waals surface area (Å²) >= 11 is 0. The van der Waals surface area contributed by atoms with Gasteiger partial charge in [0.05, 0.1) is 0 Å². The fourth-order valence-electron chi connectivity index (χ4n) is 3.84. The zero-order chi connectivity index (χ0) is 20.2. The van der Waals surface area contributed by atoms with Crippen molar-refractivity contribution < 1.29 is 9.32 Å². The maximum Gasteiger partial charge on any atom is 0.322 e. The van der Waals surface area contributed by atoms with Crippen LogP contribution in [0.15, 0.2) is 53.1 Å². The molecule has 0 unspecified atom stereocenters. The number of benzene rings is 2. The van der Waals surface area contributed by atoms with Crippen LogP contribution < -0.4 is 5.32 Å². The molecule has 2 aromatic carbocycles. The lowest BCUT2D eigenvalue weighted by Crippen LogP contribution is -2.41. The van der Waals surface area contributed by atoms with Crippen LogP contribution in [0.5, 0.6) is 0 Å². The van der Waals surface area contributed by atoms with Crippen molar-refractivity contribution in [2.45, 2.75) is 45.6 Å². The maximum absolute atomic E-state index is 13.1. The van der Waals surface area contributed by atoms with Crippen LogP contribution in [-0.4, -0.2) is 27.6 Å². The van der Waals surface area contributed by atoms with Gasteiger partial charge in [-0.05, 0) is 50.3 Å². The predicted octanol–water partition coefficient (Wildman–Crippen LogP) is 5.37. The molecule has 0 aliphatic carbocycles. The van der Waals surface area contributed by atoms with Crippen molar-refractivity contribution in [3.63, 3.8) is 0 Å². The van der Waals surface area contributed by atoms with Crippen LogP contribution in [0.1, 0.15) is 49.2 Å². The summed E-state index contributed by atoms with van der Waals surface area (Å²) in [5, 5.41) is 7.24. The summed E-state index contributed by atoms with van der Waals surface area (Å²) in [6, 6.07) is 15.6. The molecule has 1 aliphatic heterocycles. The van der Waals surface area contributed by atoms with Crippen molar-refractivity contribution in [3.8, 4) is 11.4 Å². The molecule has 150 valence electrons. The Bertz CT molecular complexity index is 998. The molecular weight excluding hydrogens is 364 g/mol. The van der Waals surface area contributed by atoms with Crippen LogP contribution in [-0.2, 0) is 6.42 Å². The number of likely N-dealkylation sites (tertiary alicyclic amines) is 1. The number of aromatic nitrogens is 2. The Kier molecular flexibility index (Phi) is 5.60. The number of hydrogen-bond donors (Lipinski definition) is 1. The number of aryl methyl sites for hydroxylation is 2. The molecule has 1 fully saturated rings. The van der Waals surface area contributed by atoms with E-state index in [1.807, 2.05) is 60.4 Å².